The lowest BCUT2D eigenvalue weighted by Gasteiger charge is -2.03. The lowest BCUT2D eigenvalue weighted by Crippen LogP contribution is -2.00. The minimum atomic E-state index is -0.404. The maximum Gasteiger partial charge on any atom is 0.302 e. The molecule has 0 fully saturated rings. The Morgan fingerprint density at radius 1 is 1.20 bits per heavy atom. The van der Waals surface area contributed by atoms with Crippen molar-refractivity contribution in [2.24, 2.45) is 0 Å². The van der Waals surface area contributed by atoms with Gasteiger partial charge in [0.1, 0.15) is 19.2 Å². The minimum Gasteiger partial charge on any atom is -0.461 e. The van der Waals surface area contributed by atoms with Crippen LogP contribution in [-0.4, -0.2) is 18.5 Å². The fourth-order valence-electron chi connectivity index (χ4n) is 1.15. The second kappa shape index (κ2) is 5.05. The Labute approximate surface area is 86.9 Å². The van der Waals surface area contributed by atoms with E-state index in [9.17, 15) is 14.4 Å². The molecule has 0 radical (unpaired) electrons. The van der Waals surface area contributed by atoms with Gasteiger partial charge in [-0.1, -0.05) is 0 Å². The fourth-order valence-corrected chi connectivity index (χ4v) is 1.15. The molecule has 0 aromatic heterocycles. The monoisotopic (exact) mass is 206 g/mol. The highest BCUT2D eigenvalue weighted by atomic mass is 16.5. The molecule has 78 valence electrons. The Kier molecular flexibility index (Phi) is 3.74. The average Bonchev–Trinajstić information content (AvgIpc) is 2.25. The molecular weight excluding hydrogens is 196 g/mol. The molecule has 0 unspecified atom stereocenters. The number of ether oxygens (including phenoxy) is 1. The third-order valence-corrected chi connectivity index (χ3v) is 1.75. The Balaban J connectivity index is 2.91. The minimum absolute atomic E-state index is 0.0673. The van der Waals surface area contributed by atoms with Gasteiger partial charge in [0.25, 0.3) is 0 Å². The standard InChI is InChI=1S/C11H10O4/c1-8(14)15-7-11-3-9(5-12)2-10(4-11)6-13/h2-6H,7H2,1H3. The Morgan fingerprint density at radius 2 is 1.73 bits per heavy atom. The molecule has 0 aliphatic heterocycles. The summed E-state index contributed by atoms with van der Waals surface area (Å²) in [6, 6.07) is 4.61. The van der Waals surface area contributed by atoms with Crippen molar-refractivity contribution in [3.63, 3.8) is 0 Å². The van der Waals surface area contributed by atoms with Crippen LogP contribution in [0.5, 0.6) is 0 Å². The van der Waals surface area contributed by atoms with Gasteiger partial charge in [0.05, 0.1) is 0 Å². The molecule has 4 heteroatoms. The number of carbonyl (C=O) groups excluding carboxylic acids is 3. The summed E-state index contributed by atoms with van der Waals surface area (Å²) in [5.74, 6) is -0.404. The molecule has 1 aromatic rings. The Hall–Kier alpha value is -1.97. The Bertz CT molecular complexity index is 369. The quantitative estimate of drug-likeness (QED) is 0.551. The molecule has 0 amide bonds. The van der Waals surface area contributed by atoms with E-state index in [4.69, 9.17) is 4.74 Å². The first-order valence-corrected chi connectivity index (χ1v) is 4.33. The molecule has 0 aliphatic rings. The van der Waals surface area contributed by atoms with Crippen LogP contribution < -0.4 is 0 Å². The summed E-state index contributed by atoms with van der Waals surface area (Å²) < 4.78 is 4.76. The van der Waals surface area contributed by atoms with Crippen molar-refractivity contribution in [1.82, 2.24) is 0 Å². The van der Waals surface area contributed by atoms with Gasteiger partial charge in [-0.05, 0) is 23.8 Å². The van der Waals surface area contributed by atoms with Crippen molar-refractivity contribution in [3.8, 4) is 0 Å². The summed E-state index contributed by atoms with van der Waals surface area (Å²) in [6.07, 6.45) is 1.29. The number of carbonyl (C=O) groups is 3. The van der Waals surface area contributed by atoms with Crippen LogP contribution in [-0.2, 0) is 16.1 Å². The van der Waals surface area contributed by atoms with Crippen LogP contribution in [0.2, 0.25) is 0 Å². The van der Waals surface area contributed by atoms with E-state index in [1.54, 1.807) is 12.1 Å². The topological polar surface area (TPSA) is 60.4 Å². The van der Waals surface area contributed by atoms with Gasteiger partial charge >= 0.3 is 5.97 Å². The zero-order valence-electron chi connectivity index (χ0n) is 8.23. The van der Waals surface area contributed by atoms with Crippen molar-refractivity contribution in [1.29, 1.82) is 0 Å². The van der Waals surface area contributed by atoms with E-state index in [1.165, 1.54) is 13.0 Å². The van der Waals surface area contributed by atoms with Crippen molar-refractivity contribution >= 4 is 18.5 Å². The molecule has 0 heterocycles. The van der Waals surface area contributed by atoms with Gasteiger partial charge in [-0.2, -0.15) is 0 Å². The highest BCUT2D eigenvalue weighted by molar-refractivity contribution is 5.82. The summed E-state index contributed by atoms with van der Waals surface area (Å²) in [7, 11) is 0. The third-order valence-electron chi connectivity index (χ3n) is 1.75. The highest BCUT2D eigenvalue weighted by Crippen LogP contribution is 2.09. The summed E-state index contributed by atoms with van der Waals surface area (Å²) in [5, 5.41) is 0. The summed E-state index contributed by atoms with van der Waals surface area (Å²) >= 11 is 0. The smallest absolute Gasteiger partial charge is 0.302 e. The van der Waals surface area contributed by atoms with Gasteiger partial charge in [-0.15, -0.1) is 0 Å². The van der Waals surface area contributed by atoms with Crippen LogP contribution in [0, 0.1) is 0 Å². The summed E-state index contributed by atoms with van der Waals surface area (Å²) in [5.41, 5.74) is 1.40. The lowest BCUT2D eigenvalue weighted by atomic mass is 10.1. The summed E-state index contributed by atoms with van der Waals surface area (Å²) in [4.78, 5) is 31.6. The van der Waals surface area contributed by atoms with Crippen LogP contribution in [0.25, 0.3) is 0 Å². The van der Waals surface area contributed by atoms with Gasteiger partial charge in [-0.25, -0.2) is 0 Å². The van der Waals surface area contributed by atoms with Gasteiger partial charge in [-0.3, -0.25) is 14.4 Å². The number of hydrogen-bond donors (Lipinski definition) is 0. The molecule has 0 spiro atoms. The number of rotatable bonds is 4. The second-order valence-electron chi connectivity index (χ2n) is 3.02. The van der Waals surface area contributed by atoms with E-state index in [1.807, 2.05) is 0 Å². The summed E-state index contributed by atoms with van der Waals surface area (Å²) in [6.45, 7) is 1.36. The van der Waals surface area contributed by atoms with E-state index >= 15 is 0 Å². The van der Waals surface area contributed by atoms with Crippen molar-refractivity contribution in [2.45, 2.75) is 13.5 Å². The van der Waals surface area contributed by atoms with Crippen LogP contribution in [0.15, 0.2) is 18.2 Å². The van der Waals surface area contributed by atoms with Crippen LogP contribution in [0.3, 0.4) is 0 Å². The zero-order chi connectivity index (χ0) is 11.3. The number of hydrogen-bond acceptors (Lipinski definition) is 4. The molecule has 0 atom stereocenters. The molecule has 1 rings (SSSR count). The van der Waals surface area contributed by atoms with Gasteiger partial charge in [0.15, 0.2) is 0 Å². The van der Waals surface area contributed by atoms with E-state index in [0.29, 0.717) is 29.3 Å². The van der Waals surface area contributed by atoms with E-state index in [-0.39, 0.29) is 6.61 Å². The molecule has 0 saturated heterocycles. The normalized spacial score (nSPS) is 9.40. The van der Waals surface area contributed by atoms with Gasteiger partial charge in [0.2, 0.25) is 0 Å². The molecular formula is C11H10O4. The van der Waals surface area contributed by atoms with Crippen LogP contribution in [0.1, 0.15) is 33.2 Å². The zero-order valence-corrected chi connectivity index (χ0v) is 8.23. The predicted molar refractivity (Wildman–Crippen MR) is 52.7 cm³/mol. The maximum atomic E-state index is 10.6. The largest absolute Gasteiger partial charge is 0.461 e. The van der Waals surface area contributed by atoms with Gasteiger partial charge < -0.3 is 4.74 Å². The average molecular weight is 206 g/mol. The van der Waals surface area contributed by atoms with Crippen LogP contribution >= 0.6 is 0 Å². The maximum absolute atomic E-state index is 10.6. The van der Waals surface area contributed by atoms with E-state index < -0.39 is 5.97 Å². The molecule has 4 nitrogen and oxygen atoms in total. The first-order valence-electron chi connectivity index (χ1n) is 4.33. The Morgan fingerprint density at radius 3 is 2.13 bits per heavy atom. The first kappa shape index (κ1) is 11.1. The first-order chi connectivity index (χ1) is 7.15. The molecule has 0 bridgehead atoms. The highest BCUT2D eigenvalue weighted by Gasteiger charge is 2.01. The van der Waals surface area contributed by atoms with Crippen molar-refractivity contribution in [3.05, 3.63) is 34.9 Å². The molecule has 0 aliphatic carbocycles. The SMILES string of the molecule is CC(=O)OCc1cc(C=O)cc(C=O)c1. The van der Waals surface area contributed by atoms with E-state index in [0.717, 1.165) is 0 Å². The lowest BCUT2D eigenvalue weighted by molar-refractivity contribution is -0.142. The number of aldehydes is 2. The van der Waals surface area contributed by atoms with Gasteiger partial charge in [0, 0.05) is 18.1 Å². The predicted octanol–water partition coefficient (Wildman–Crippen LogP) is 1.37. The molecule has 0 saturated carbocycles. The molecule has 1 aromatic carbocycles. The van der Waals surface area contributed by atoms with Crippen LogP contribution in [0.4, 0.5) is 0 Å². The van der Waals surface area contributed by atoms with Crippen molar-refractivity contribution < 1.29 is 19.1 Å². The molecule has 15 heavy (non-hydrogen) atoms. The second-order valence-corrected chi connectivity index (χ2v) is 3.02. The van der Waals surface area contributed by atoms with Crippen molar-refractivity contribution in [2.75, 3.05) is 0 Å². The fraction of sp³-hybridized carbons (Fsp3) is 0.182. The van der Waals surface area contributed by atoms with E-state index in [2.05, 4.69) is 0 Å². The number of esters is 1. The molecule has 0 N–H and O–H groups in total. The number of benzene rings is 1. The third kappa shape index (κ3) is 3.34.